The first-order valence-corrected chi connectivity index (χ1v) is 7.37. The molecule has 0 amide bonds. The summed E-state index contributed by atoms with van der Waals surface area (Å²) in [7, 11) is 0. The largest absolute Gasteiger partial charge is 0.504 e. The number of unbranched alkanes of at least 4 members (excludes halogenated alkanes) is 4. The van der Waals surface area contributed by atoms with Crippen LogP contribution < -0.4 is 4.74 Å². The lowest BCUT2D eigenvalue weighted by Gasteiger charge is -2.09. The summed E-state index contributed by atoms with van der Waals surface area (Å²) in [5.41, 5.74) is 0.0140. The van der Waals surface area contributed by atoms with Gasteiger partial charge in [0.25, 0.3) is 0 Å². The summed E-state index contributed by atoms with van der Waals surface area (Å²) in [6.07, 6.45) is 5.16. The quantitative estimate of drug-likeness (QED) is 0.331. The molecule has 0 saturated heterocycles. The summed E-state index contributed by atoms with van der Waals surface area (Å²) in [6, 6.07) is 2.23. The van der Waals surface area contributed by atoms with Crippen molar-refractivity contribution >= 4 is 11.9 Å². The van der Waals surface area contributed by atoms with Gasteiger partial charge in [-0.2, -0.15) is 0 Å². The molecule has 0 aromatic heterocycles. The average molecular weight is 310 g/mol. The van der Waals surface area contributed by atoms with Gasteiger partial charge in [0.05, 0.1) is 12.2 Å². The summed E-state index contributed by atoms with van der Waals surface area (Å²) >= 11 is 0. The zero-order valence-electron chi connectivity index (χ0n) is 12.9. The number of aromatic hydroxyl groups is 2. The van der Waals surface area contributed by atoms with Crippen LogP contribution in [0.4, 0.5) is 0 Å². The molecule has 122 valence electrons. The summed E-state index contributed by atoms with van der Waals surface area (Å²) in [6.45, 7) is 3.56. The van der Waals surface area contributed by atoms with Gasteiger partial charge in [0.2, 0.25) is 5.75 Å². The summed E-state index contributed by atoms with van der Waals surface area (Å²) in [5.74, 6) is -2.72. The van der Waals surface area contributed by atoms with Gasteiger partial charge in [-0.1, -0.05) is 32.6 Å². The molecular weight excluding hydrogens is 288 g/mol. The van der Waals surface area contributed by atoms with E-state index < -0.39 is 23.4 Å². The number of carbonyl (C=O) groups excluding carboxylic acids is 2. The molecule has 0 spiro atoms. The molecule has 1 aromatic rings. The second-order valence-corrected chi connectivity index (χ2v) is 4.99. The smallest absolute Gasteiger partial charge is 0.338 e. The van der Waals surface area contributed by atoms with Crippen LogP contribution in [0.2, 0.25) is 0 Å². The predicted octanol–water partition coefficient (Wildman–Crippen LogP) is 3.15. The molecule has 0 atom stereocenters. The van der Waals surface area contributed by atoms with E-state index in [-0.39, 0.29) is 17.9 Å². The molecule has 1 rings (SSSR count). The van der Waals surface area contributed by atoms with Crippen molar-refractivity contribution in [3.05, 3.63) is 17.7 Å². The van der Waals surface area contributed by atoms with E-state index in [0.29, 0.717) is 0 Å². The number of esters is 2. The topological polar surface area (TPSA) is 93.1 Å². The summed E-state index contributed by atoms with van der Waals surface area (Å²) in [4.78, 5) is 22.8. The van der Waals surface area contributed by atoms with Crippen LogP contribution in [0.1, 0.15) is 56.3 Å². The van der Waals surface area contributed by atoms with Crippen LogP contribution in [0.25, 0.3) is 0 Å². The Morgan fingerprint density at radius 3 is 2.41 bits per heavy atom. The molecule has 6 nitrogen and oxygen atoms in total. The normalized spacial score (nSPS) is 10.3. The molecule has 0 aliphatic heterocycles. The lowest BCUT2D eigenvalue weighted by Crippen LogP contribution is -2.08. The number of hydrogen-bond acceptors (Lipinski definition) is 6. The van der Waals surface area contributed by atoms with Crippen LogP contribution in [0, 0.1) is 0 Å². The number of benzene rings is 1. The molecule has 6 heteroatoms. The SMILES string of the molecule is CCCCCCCOC(=O)c1cc(O)c(O)c(OC(C)=O)c1. The van der Waals surface area contributed by atoms with Gasteiger partial charge < -0.3 is 19.7 Å². The molecule has 0 radical (unpaired) electrons. The van der Waals surface area contributed by atoms with Crippen molar-refractivity contribution in [3.63, 3.8) is 0 Å². The molecule has 0 unspecified atom stereocenters. The highest BCUT2D eigenvalue weighted by Gasteiger charge is 2.17. The first kappa shape index (κ1) is 17.8. The zero-order chi connectivity index (χ0) is 16.5. The molecule has 2 N–H and O–H groups in total. The van der Waals surface area contributed by atoms with Crippen LogP contribution in [-0.2, 0) is 9.53 Å². The zero-order valence-corrected chi connectivity index (χ0v) is 12.9. The van der Waals surface area contributed by atoms with Crippen LogP contribution in [0.15, 0.2) is 12.1 Å². The summed E-state index contributed by atoms with van der Waals surface area (Å²) < 4.78 is 9.82. The maximum Gasteiger partial charge on any atom is 0.338 e. The number of ether oxygens (including phenoxy) is 2. The van der Waals surface area contributed by atoms with E-state index in [4.69, 9.17) is 9.47 Å². The van der Waals surface area contributed by atoms with E-state index in [1.165, 1.54) is 0 Å². The van der Waals surface area contributed by atoms with E-state index in [0.717, 1.165) is 51.2 Å². The Hall–Kier alpha value is -2.24. The van der Waals surface area contributed by atoms with Crippen LogP contribution >= 0.6 is 0 Å². The Morgan fingerprint density at radius 1 is 1.09 bits per heavy atom. The van der Waals surface area contributed by atoms with E-state index in [9.17, 15) is 19.8 Å². The van der Waals surface area contributed by atoms with E-state index >= 15 is 0 Å². The van der Waals surface area contributed by atoms with Gasteiger partial charge in [-0.25, -0.2) is 4.79 Å². The third kappa shape index (κ3) is 5.63. The fraction of sp³-hybridized carbons (Fsp3) is 0.500. The first-order chi connectivity index (χ1) is 10.5. The minimum atomic E-state index is -0.670. The average Bonchev–Trinajstić information content (AvgIpc) is 2.46. The maximum absolute atomic E-state index is 11.9. The second-order valence-electron chi connectivity index (χ2n) is 4.99. The Balaban J connectivity index is 2.61. The van der Waals surface area contributed by atoms with E-state index in [1.807, 2.05) is 0 Å². The van der Waals surface area contributed by atoms with Crippen molar-refractivity contribution < 1.29 is 29.3 Å². The molecule has 1 aromatic carbocycles. The maximum atomic E-state index is 11.9. The van der Waals surface area contributed by atoms with E-state index in [2.05, 4.69) is 6.92 Å². The van der Waals surface area contributed by atoms with Crippen molar-refractivity contribution in [3.8, 4) is 17.2 Å². The Bertz CT molecular complexity index is 524. The minimum Gasteiger partial charge on any atom is -0.504 e. The second kappa shape index (κ2) is 8.92. The molecule has 0 aliphatic carbocycles. The van der Waals surface area contributed by atoms with Crippen molar-refractivity contribution in [2.45, 2.75) is 46.0 Å². The lowest BCUT2D eigenvalue weighted by atomic mass is 10.1. The third-order valence-corrected chi connectivity index (χ3v) is 3.03. The van der Waals surface area contributed by atoms with Crippen molar-refractivity contribution in [2.24, 2.45) is 0 Å². The molecule has 0 saturated carbocycles. The Morgan fingerprint density at radius 2 is 1.77 bits per heavy atom. The molecule has 0 heterocycles. The first-order valence-electron chi connectivity index (χ1n) is 7.37. The van der Waals surface area contributed by atoms with Gasteiger partial charge in [-0.15, -0.1) is 0 Å². The molecule has 0 bridgehead atoms. The minimum absolute atomic E-state index is 0.0140. The van der Waals surface area contributed by atoms with Gasteiger partial charge in [0.1, 0.15) is 0 Å². The highest BCUT2D eigenvalue weighted by molar-refractivity contribution is 5.91. The van der Waals surface area contributed by atoms with Gasteiger partial charge >= 0.3 is 11.9 Å². The fourth-order valence-corrected chi connectivity index (χ4v) is 1.90. The third-order valence-electron chi connectivity index (χ3n) is 3.03. The molecule has 0 fully saturated rings. The van der Waals surface area contributed by atoms with Gasteiger partial charge in [-0.3, -0.25) is 4.79 Å². The lowest BCUT2D eigenvalue weighted by molar-refractivity contribution is -0.132. The van der Waals surface area contributed by atoms with Crippen molar-refractivity contribution in [2.75, 3.05) is 6.61 Å². The monoisotopic (exact) mass is 310 g/mol. The number of phenols is 2. The van der Waals surface area contributed by atoms with Crippen molar-refractivity contribution in [1.82, 2.24) is 0 Å². The molecular formula is C16H22O6. The highest BCUT2D eigenvalue weighted by Crippen LogP contribution is 2.36. The predicted molar refractivity (Wildman–Crippen MR) is 80.1 cm³/mol. The van der Waals surface area contributed by atoms with Gasteiger partial charge in [0.15, 0.2) is 11.5 Å². The number of rotatable bonds is 8. The standard InChI is InChI=1S/C16H22O6/c1-3-4-5-6-7-8-21-16(20)12-9-13(18)15(19)14(10-12)22-11(2)17/h9-10,18-19H,3-8H2,1-2H3. The Labute approximate surface area is 129 Å². The fourth-order valence-electron chi connectivity index (χ4n) is 1.90. The number of hydrogen-bond donors (Lipinski definition) is 2. The van der Waals surface area contributed by atoms with E-state index in [1.54, 1.807) is 0 Å². The van der Waals surface area contributed by atoms with Crippen LogP contribution in [0.5, 0.6) is 17.2 Å². The van der Waals surface area contributed by atoms with Gasteiger partial charge in [0, 0.05) is 6.92 Å². The summed E-state index contributed by atoms with van der Waals surface area (Å²) in [5, 5.41) is 19.1. The number of carbonyl (C=O) groups is 2. The highest BCUT2D eigenvalue weighted by atomic mass is 16.5. The number of phenolic OH excluding ortho intramolecular Hbond substituents is 2. The van der Waals surface area contributed by atoms with Crippen LogP contribution in [0.3, 0.4) is 0 Å². The van der Waals surface area contributed by atoms with Crippen molar-refractivity contribution in [1.29, 1.82) is 0 Å². The Kier molecular flexibility index (Phi) is 7.22. The molecule has 0 aliphatic rings. The van der Waals surface area contributed by atoms with Gasteiger partial charge in [-0.05, 0) is 18.6 Å². The van der Waals surface area contributed by atoms with Crippen LogP contribution in [-0.4, -0.2) is 28.8 Å². The molecule has 22 heavy (non-hydrogen) atoms.